The molecular weight excluding hydrogens is 1020 g/mol. The predicted octanol–water partition coefficient (Wildman–Crippen LogP) is 13.7. The summed E-state index contributed by atoms with van der Waals surface area (Å²) >= 11 is 28.0. The van der Waals surface area contributed by atoms with E-state index < -0.39 is 17.4 Å². The maximum absolute atomic E-state index is 10.2. The van der Waals surface area contributed by atoms with Gasteiger partial charge in [0.2, 0.25) is 0 Å². The largest absolute Gasteiger partial charge is 0.443 e. The fourth-order valence-corrected chi connectivity index (χ4v) is 7.15. The van der Waals surface area contributed by atoms with Crippen LogP contribution in [0.25, 0.3) is 0 Å². The molecule has 0 saturated heterocycles. The molecule has 296 valence electrons. The summed E-state index contributed by atoms with van der Waals surface area (Å²) in [7, 11) is 0. The molecule has 0 N–H and O–H groups in total. The molecule has 3 aliphatic heterocycles. The monoisotopic (exact) mass is 1040 g/mol. The molecule has 57 heavy (non-hydrogen) atoms. The molecule has 0 bridgehead atoms. The van der Waals surface area contributed by atoms with Crippen molar-refractivity contribution < 1.29 is 32.3 Å². The Kier molecular flexibility index (Phi) is 13.7. The highest BCUT2D eigenvalue weighted by Crippen LogP contribution is 2.49. The van der Waals surface area contributed by atoms with Crippen molar-refractivity contribution in [3.8, 4) is 34.5 Å². The number of ether oxygens (including phenoxy) is 6. The fraction of sp³-hybridized carbons (Fsp3) is 0.175. The maximum Gasteiger partial charge on any atom is 0.292 e. The zero-order valence-corrected chi connectivity index (χ0v) is 38.1. The zero-order chi connectivity index (χ0) is 41.0. The average molecular weight is 1050 g/mol. The first-order valence-electron chi connectivity index (χ1n) is 16.7. The van der Waals surface area contributed by atoms with Crippen LogP contribution in [0.2, 0.25) is 15.1 Å². The molecule has 0 saturated carbocycles. The van der Waals surface area contributed by atoms with Gasteiger partial charge in [0.1, 0.15) is 17.1 Å². The van der Waals surface area contributed by atoms with Crippen LogP contribution in [0.3, 0.4) is 0 Å². The van der Waals surface area contributed by atoms with Crippen LogP contribution >= 0.6 is 94.7 Å². The van der Waals surface area contributed by atoms with Crippen molar-refractivity contribution >= 4 is 94.7 Å². The highest BCUT2D eigenvalue weighted by atomic mass is 79.9. The van der Waals surface area contributed by atoms with Gasteiger partial charge in [0.25, 0.3) is 17.4 Å². The van der Waals surface area contributed by atoms with Crippen LogP contribution in [-0.2, 0) is 17.4 Å². The summed E-state index contributed by atoms with van der Waals surface area (Å²) in [4.78, 5) is 12.7. The van der Waals surface area contributed by atoms with E-state index in [1.807, 2.05) is 75.4 Å². The third-order valence-corrected chi connectivity index (χ3v) is 10.7. The van der Waals surface area contributed by atoms with Gasteiger partial charge in [0.05, 0.1) is 28.5 Å². The Labute approximate surface area is 373 Å². The van der Waals surface area contributed by atoms with Crippen molar-refractivity contribution in [2.75, 3.05) is 6.26 Å². The van der Waals surface area contributed by atoms with Crippen molar-refractivity contribution in [3.05, 3.63) is 155 Å². The van der Waals surface area contributed by atoms with Crippen LogP contribution in [0.15, 0.2) is 123 Å². The van der Waals surface area contributed by atoms with E-state index in [4.69, 9.17) is 63.2 Å². The molecule has 0 radical (unpaired) electrons. The number of fused-ring (bicyclic) bond motifs is 3. The highest BCUT2D eigenvalue weighted by Gasteiger charge is 2.43. The summed E-state index contributed by atoms with van der Waals surface area (Å²) < 4.78 is 47.9. The summed E-state index contributed by atoms with van der Waals surface area (Å²) in [5.74, 6) is 1.41. The van der Waals surface area contributed by atoms with Crippen molar-refractivity contribution in [2.45, 2.75) is 38.1 Å². The molecule has 0 fully saturated rings. The van der Waals surface area contributed by atoms with Gasteiger partial charge in [-0.1, -0.05) is 53.0 Å². The molecular formula is C40H30Br3Cl3FN3O6S. The number of hydrogen-bond acceptors (Lipinski definition) is 10. The van der Waals surface area contributed by atoms with E-state index in [0.29, 0.717) is 66.6 Å². The van der Waals surface area contributed by atoms with Gasteiger partial charge in [0, 0.05) is 57.8 Å². The SMILES string of the molecule is CSF.C[C@@]1(c2ccc(Cl)cn2)Oc2cccc(Br)c2O1.C[C@]1(c2ccc(Cl)cn2)Oc2cccc(Br)c2O1.C[C@]1(c2ccc(Cl)cn2)Oc2cccc(Br)c2O1. The maximum atomic E-state index is 10.2. The Morgan fingerprint density at radius 1 is 0.474 bits per heavy atom. The van der Waals surface area contributed by atoms with Crippen LogP contribution in [0, 0.1) is 0 Å². The molecule has 17 heteroatoms. The zero-order valence-electron chi connectivity index (χ0n) is 30.2. The van der Waals surface area contributed by atoms with Crippen molar-refractivity contribution in [3.63, 3.8) is 0 Å². The van der Waals surface area contributed by atoms with Crippen LogP contribution in [0.4, 0.5) is 3.89 Å². The highest BCUT2D eigenvalue weighted by molar-refractivity contribution is 9.11. The van der Waals surface area contributed by atoms with Crippen molar-refractivity contribution in [1.29, 1.82) is 0 Å². The van der Waals surface area contributed by atoms with Gasteiger partial charge in [-0.3, -0.25) is 15.0 Å². The molecule has 9 rings (SSSR count). The first-order chi connectivity index (χ1) is 27.2. The van der Waals surface area contributed by atoms with Crippen LogP contribution in [0.5, 0.6) is 34.5 Å². The second-order valence-corrected chi connectivity index (χ2v) is 16.6. The molecule has 6 heterocycles. The summed E-state index contributed by atoms with van der Waals surface area (Å²) in [6.07, 6.45) is 6.10. The minimum absolute atomic E-state index is 0.250. The average Bonchev–Trinajstić information content (AvgIpc) is 3.86. The quantitative estimate of drug-likeness (QED) is 0.171. The Bertz CT molecular complexity index is 2100. The fourth-order valence-electron chi connectivity index (χ4n) is 5.53. The molecule has 0 aliphatic carbocycles. The Morgan fingerprint density at radius 3 is 0.947 bits per heavy atom. The summed E-state index contributed by atoms with van der Waals surface area (Å²) in [6, 6.07) is 27.7. The molecule has 6 aromatic rings. The molecule has 0 spiro atoms. The lowest BCUT2D eigenvalue weighted by Gasteiger charge is -2.22. The van der Waals surface area contributed by atoms with Gasteiger partial charge in [-0.2, -0.15) is 3.89 Å². The summed E-state index contributed by atoms with van der Waals surface area (Å²) in [5, 5.41) is 1.75. The molecule has 0 amide bonds. The number of pyridine rings is 3. The number of rotatable bonds is 3. The first-order valence-corrected chi connectivity index (χ1v) is 21.3. The molecule has 3 atom stereocenters. The van der Waals surface area contributed by atoms with Crippen molar-refractivity contribution in [2.24, 2.45) is 0 Å². The molecule has 0 unspecified atom stereocenters. The Balaban J connectivity index is 0.000000140. The third kappa shape index (κ3) is 9.86. The third-order valence-electron chi connectivity index (χ3n) is 8.18. The number of benzene rings is 3. The van der Waals surface area contributed by atoms with Gasteiger partial charge in [-0.25, -0.2) is 0 Å². The normalized spacial score (nSPS) is 20.3. The predicted molar refractivity (Wildman–Crippen MR) is 231 cm³/mol. The topological polar surface area (TPSA) is 94.1 Å². The second-order valence-electron chi connectivity index (χ2n) is 12.4. The minimum Gasteiger partial charge on any atom is -0.443 e. The van der Waals surface area contributed by atoms with E-state index in [1.54, 1.807) is 55.0 Å². The van der Waals surface area contributed by atoms with Gasteiger partial charge < -0.3 is 28.4 Å². The molecule has 3 aromatic heterocycles. The van der Waals surface area contributed by atoms with Crippen LogP contribution in [-0.4, -0.2) is 21.2 Å². The van der Waals surface area contributed by atoms with E-state index in [-0.39, 0.29) is 12.1 Å². The van der Waals surface area contributed by atoms with E-state index in [2.05, 4.69) is 62.7 Å². The lowest BCUT2D eigenvalue weighted by Crippen LogP contribution is -2.32. The van der Waals surface area contributed by atoms with Gasteiger partial charge >= 0.3 is 0 Å². The van der Waals surface area contributed by atoms with Crippen molar-refractivity contribution in [1.82, 2.24) is 15.0 Å². The smallest absolute Gasteiger partial charge is 0.292 e. The Morgan fingerprint density at radius 2 is 0.737 bits per heavy atom. The molecule has 3 aromatic carbocycles. The summed E-state index contributed by atoms with van der Waals surface area (Å²) in [6.45, 7) is 5.49. The second kappa shape index (κ2) is 18.2. The van der Waals surface area contributed by atoms with Crippen LogP contribution in [0.1, 0.15) is 37.9 Å². The van der Waals surface area contributed by atoms with Gasteiger partial charge in [-0.15, -0.1) is 0 Å². The van der Waals surface area contributed by atoms with E-state index in [9.17, 15) is 3.89 Å². The van der Waals surface area contributed by atoms with Crippen LogP contribution < -0.4 is 28.4 Å². The lowest BCUT2D eigenvalue weighted by molar-refractivity contribution is -0.0724. The number of hydrogen-bond donors (Lipinski definition) is 0. The molecule has 3 aliphatic rings. The minimum atomic E-state index is -0.920. The van der Waals surface area contributed by atoms with Gasteiger partial charge in [0.15, 0.2) is 34.5 Å². The number of halogens is 7. The van der Waals surface area contributed by atoms with E-state index in [1.165, 1.54) is 6.26 Å². The summed E-state index contributed by atoms with van der Waals surface area (Å²) in [5.41, 5.74) is 2.03. The standard InChI is InChI=1S/3C13H9BrClNO2.CH3FS/c3*1-13(11-6-5-8(15)7-16-11)17-10-4-2-3-9(14)12(10)18-13;1-3-2/h3*2-7H,1H3;1H3/t3*13-;/m100./s1. The lowest BCUT2D eigenvalue weighted by atomic mass is 10.2. The van der Waals surface area contributed by atoms with Gasteiger partial charge in [-0.05, 0) is 121 Å². The molecule has 9 nitrogen and oxygen atoms in total. The number of para-hydroxylation sites is 3. The number of aromatic nitrogens is 3. The van der Waals surface area contributed by atoms with E-state index >= 15 is 0 Å². The van der Waals surface area contributed by atoms with E-state index in [0.717, 1.165) is 13.4 Å². The first kappa shape index (κ1) is 43.1. The number of nitrogens with zero attached hydrogens (tertiary/aromatic N) is 3. The Hall–Kier alpha value is -3.50.